The molecule has 0 radical (unpaired) electrons. The molecule has 37 heavy (non-hydrogen) atoms. The standard InChI is InChI=1S/C30H26FNO5/c31-27-8-4-5-9-28(27)37-26-16-14-23(15-17-26)29(34)32(19-22-10-12-24(13-11-22)30(35)36)20-25(33)18-21-6-2-1-3-7-21/h1-17,25,33H,18-20H2,(H,35,36). The Morgan fingerprint density at radius 3 is 2.05 bits per heavy atom. The van der Waals surface area contributed by atoms with Crippen LogP contribution < -0.4 is 4.74 Å². The molecule has 4 aromatic rings. The molecule has 0 spiro atoms. The van der Waals surface area contributed by atoms with E-state index in [1.165, 1.54) is 29.2 Å². The summed E-state index contributed by atoms with van der Waals surface area (Å²) in [6.07, 6.45) is -0.439. The van der Waals surface area contributed by atoms with Crippen molar-refractivity contribution >= 4 is 11.9 Å². The Hall–Kier alpha value is -4.49. The van der Waals surface area contributed by atoms with Gasteiger partial charge in [-0.2, -0.15) is 0 Å². The van der Waals surface area contributed by atoms with Crippen molar-refractivity contribution in [2.75, 3.05) is 6.54 Å². The molecule has 1 amide bonds. The van der Waals surface area contributed by atoms with Gasteiger partial charge in [0.05, 0.1) is 11.7 Å². The van der Waals surface area contributed by atoms with E-state index in [0.717, 1.165) is 11.1 Å². The van der Waals surface area contributed by atoms with Crippen LogP contribution in [0.4, 0.5) is 4.39 Å². The number of hydrogen-bond acceptors (Lipinski definition) is 4. The van der Waals surface area contributed by atoms with E-state index in [-0.39, 0.29) is 30.3 Å². The molecule has 2 N–H and O–H groups in total. The van der Waals surface area contributed by atoms with E-state index < -0.39 is 17.9 Å². The molecular formula is C30H26FNO5. The molecule has 6 nitrogen and oxygen atoms in total. The van der Waals surface area contributed by atoms with Gasteiger partial charge in [-0.3, -0.25) is 4.79 Å². The average Bonchev–Trinajstić information content (AvgIpc) is 2.90. The van der Waals surface area contributed by atoms with Gasteiger partial charge < -0.3 is 19.8 Å². The average molecular weight is 500 g/mol. The Labute approximate surface area is 214 Å². The van der Waals surface area contributed by atoms with Crippen LogP contribution >= 0.6 is 0 Å². The molecule has 1 unspecified atom stereocenters. The minimum absolute atomic E-state index is 0.0713. The fourth-order valence-electron chi connectivity index (χ4n) is 3.90. The second kappa shape index (κ2) is 12.0. The van der Waals surface area contributed by atoms with Crippen molar-refractivity contribution in [3.8, 4) is 11.5 Å². The summed E-state index contributed by atoms with van der Waals surface area (Å²) in [5, 5.41) is 19.9. The number of carboxylic acid groups (broad SMARTS) is 1. The van der Waals surface area contributed by atoms with Crippen LogP contribution in [0.25, 0.3) is 0 Å². The third-order valence-electron chi connectivity index (χ3n) is 5.77. The summed E-state index contributed by atoms with van der Waals surface area (Å²) < 4.78 is 19.5. The first-order valence-electron chi connectivity index (χ1n) is 11.7. The number of carbonyl (C=O) groups is 2. The van der Waals surface area contributed by atoms with Gasteiger partial charge in [-0.25, -0.2) is 9.18 Å². The third-order valence-corrected chi connectivity index (χ3v) is 5.77. The lowest BCUT2D eigenvalue weighted by Crippen LogP contribution is -2.38. The second-order valence-corrected chi connectivity index (χ2v) is 8.59. The molecule has 0 saturated heterocycles. The number of aliphatic hydroxyl groups excluding tert-OH is 1. The highest BCUT2D eigenvalue weighted by Crippen LogP contribution is 2.25. The maximum absolute atomic E-state index is 13.9. The third kappa shape index (κ3) is 7.02. The van der Waals surface area contributed by atoms with Gasteiger partial charge in [-0.15, -0.1) is 0 Å². The first-order valence-corrected chi connectivity index (χ1v) is 11.7. The molecule has 0 aliphatic rings. The molecule has 0 heterocycles. The van der Waals surface area contributed by atoms with Gasteiger partial charge in [-0.1, -0.05) is 54.6 Å². The lowest BCUT2D eigenvalue weighted by Gasteiger charge is -2.26. The largest absolute Gasteiger partial charge is 0.478 e. The van der Waals surface area contributed by atoms with Crippen LogP contribution in [0.15, 0.2) is 103 Å². The summed E-state index contributed by atoms with van der Waals surface area (Å²) in [7, 11) is 0. The van der Waals surface area contributed by atoms with Crippen LogP contribution in [0, 0.1) is 5.82 Å². The zero-order valence-electron chi connectivity index (χ0n) is 20.0. The quantitative estimate of drug-likeness (QED) is 0.298. The summed E-state index contributed by atoms with van der Waals surface area (Å²) >= 11 is 0. The Balaban J connectivity index is 1.51. The van der Waals surface area contributed by atoms with Gasteiger partial charge in [-0.05, 0) is 59.7 Å². The number of aliphatic hydroxyl groups is 1. The van der Waals surface area contributed by atoms with E-state index in [1.54, 1.807) is 48.5 Å². The van der Waals surface area contributed by atoms with Gasteiger partial charge in [0.25, 0.3) is 5.91 Å². The first-order chi connectivity index (χ1) is 17.9. The van der Waals surface area contributed by atoms with Crippen molar-refractivity contribution in [2.45, 2.75) is 19.1 Å². The Morgan fingerprint density at radius 2 is 1.41 bits per heavy atom. The molecule has 0 saturated carbocycles. The maximum Gasteiger partial charge on any atom is 0.335 e. The maximum atomic E-state index is 13.9. The van der Waals surface area contributed by atoms with Crippen molar-refractivity contribution in [3.63, 3.8) is 0 Å². The van der Waals surface area contributed by atoms with Crippen molar-refractivity contribution in [2.24, 2.45) is 0 Å². The Bertz CT molecular complexity index is 1340. The predicted molar refractivity (Wildman–Crippen MR) is 137 cm³/mol. The molecule has 0 aliphatic carbocycles. The highest BCUT2D eigenvalue weighted by molar-refractivity contribution is 5.94. The normalized spacial score (nSPS) is 11.5. The monoisotopic (exact) mass is 499 g/mol. The van der Waals surface area contributed by atoms with Crippen molar-refractivity contribution < 1.29 is 28.9 Å². The SMILES string of the molecule is O=C(O)c1ccc(CN(CC(O)Cc2ccccc2)C(=O)c2ccc(Oc3ccccc3F)cc2)cc1. The number of para-hydroxylation sites is 1. The number of halogens is 1. The van der Waals surface area contributed by atoms with Gasteiger partial charge in [0, 0.05) is 25.1 Å². The lowest BCUT2D eigenvalue weighted by molar-refractivity contribution is 0.0604. The van der Waals surface area contributed by atoms with Crippen molar-refractivity contribution in [1.82, 2.24) is 4.90 Å². The molecule has 7 heteroatoms. The molecule has 0 fully saturated rings. The summed E-state index contributed by atoms with van der Waals surface area (Å²) in [4.78, 5) is 26.2. The van der Waals surface area contributed by atoms with Crippen LogP contribution in [0.1, 0.15) is 31.8 Å². The number of benzene rings is 4. The van der Waals surface area contributed by atoms with E-state index in [4.69, 9.17) is 9.84 Å². The topological polar surface area (TPSA) is 87.1 Å². The minimum Gasteiger partial charge on any atom is -0.478 e. The van der Waals surface area contributed by atoms with Crippen molar-refractivity contribution in [1.29, 1.82) is 0 Å². The smallest absolute Gasteiger partial charge is 0.335 e. The molecule has 188 valence electrons. The van der Waals surface area contributed by atoms with Crippen LogP contribution in [0.3, 0.4) is 0 Å². The first kappa shape index (κ1) is 25.6. The fourth-order valence-corrected chi connectivity index (χ4v) is 3.90. The van der Waals surface area contributed by atoms with Gasteiger partial charge in [0.2, 0.25) is 0 Å². The van der Waals surface area contributed by atoms with E-state index >= 15 is 0 Å². The molecule has 4 rings (SSSR count). The zero-order chi connectivity index (χ0) is 26.2. The number of carboxylic acids is 1. The molecule has 0 aromatic heterocycles. The van der Waals surface area contributed by atoms with E-state index in [1.807, 2.05) is 30.3 Å². The number of amides is 1. The molecule has 1 atom stereocenters. The Kier molecular flexibility index (Phi) is 8.28. The molecule has 0 aliphatic heterocycles. The summed E-state index contributed by atoms with van der Waals surface area (Å²) in [6, 6.07) is 28.1. The number of carbonyl (C=O) groups excluding carboxylic acids is 1. The Morgan fingerprint density at radius 1 is 0.784 bits per heavy atom. The van der Waals surface area contributed by atoms with Crippen molar-refractivity contribution in [3.05, 3.63) is 131 Å². The van der Waals surface area contributed by atoms with Gasteiger partial charge in [0.15, 0.2) is 11.6 Å². The number of aromatic carboxylic acids is 1. The highest BCUT2D eigenvalue weighted by atomic mass is 19.1. The minimum atomic E-state index is -1.03. The number of hydrogen-bond donors (Lipinski definition) is 2. The van der Waals surface area contributed by atoms with Crippen LogP contribution in [0.2, 0.25) is 0 Å². The van der Waals surface area contributed by atoms with Crippen LogP contribution in [-0.2, 0) is 13.0 Å². The van der Waals surface area contributed by atoms with Crippen LogP contribution in [-0.4, -0.2) is 39.6 Å². The highest BCUT2D eigenvalue weighted by Gasteiger charge is 2.20. The number of rotatable bonds is 10. The summed E-state index contributed by atoms with van der Waals surface area (Å²) in [6.45, 7) is 0.250. The molecule has 0 bridgehead atoms. The van der Waals surface area contributed by atoms with E-state index in [2.05, 4.69) is 0 Å². The predicted octanol–water partition coefficient (Wildman–Crippen LogP) is 5.56. The van der Waals surface area contributed by atoms with Gasteiger partial charge >= 0.3 is 5.97 Å². The lowest BCUT2D eigenvalue weighted by atomic mass is 10.1. The van der Waals surface area contributed by atoms with E-state index in [9.17, 15) is 19.1 Å². The fraction of sp³-hybridized carbons (Fsp3) is 0.133. The van der Waals surface area contributed by atoms with E-state index in [0.29, 0.717) is 17.7 Å². The number of ether oxygens (including phenoxy) is 1. The number of nitrogens with zero attached hydrogens (tertiary/aromatic N) is 1. The van der Waals surface area contributed by atoms with Crippen LogP contribution in [0.5, 0.6) is 11.5 Å². The zero-order valence-corrected chi connectivity index (χ0v) is 20.0. The molecule has 4 aromatic carbocycles. The summed E-state index contributed by atoms with van der Waals surface area (Å²) in [5.41, 5.74) is 2.19. The molecular weight excluding hydrogens is 473 g/mol. The summed E-state index contributed by atoms with van der Waals surface area (Å²) in [5.74, 6) is -1.38. The second-order valence-electron chi connectivity index (χ2n) is 8.59. The van der Waals surface area contributed by atoms with Gasteiger partial charge in [0.1, 0.15) is 5.75 Å².